The van der Waals surface area contributed by atoms with Crippen LogP contribution in [0.5, 0.6) is 5.75 Å². The lowest BCUT2D eigenvalue weighted by molar-refractivity contribution is 0.216. The van der Waals surface area contributed by atoms with Crippen LogP contribution in [0.15, 0.2) is 18.2 Å². The average Bonchev–Trinajstić information content (AvgIpc) is 2.08. The molecule has 3 N–H and O–H groups in total. The average molecular weight is 179 g/mol. The number of hydrogen-bond acceptors (Lipinski definition) is 2. The summed E-state index contributed by atoms with van der Waals surface area (Å²) in [6.07, 6.45) is 0. The molecule has 0 spiro atoms. The van der Waals surface area contributed by atoms with E-state index in [9.17, 15) is 4.79 Å². The van der Waals surface area contributed by atoms with Gasteiger partial charge < -0.3 is 15.7 Å². The van der Waals surface area contributed by atoms with Crippen LogP contribution in [0, 0.1) is 6.07 Å². The molecule has 2 amide bonds. The SMILES string of the molecule is CN(Cc1c[c]c(O)cc1)C(N)=O. The van der Waals surface area contributed by atoms with Crippen LogP contribution in [0.25, 0.3) is 0 Å². The number of amides is 2. The van der Waals surface area contributed by atoms with E-state index in [4.69, 9.17) is 10.8 Å². The van der Waals surface area contributed by atoms with Gasteiger partial charge in [0.05, 0.1) is 0 Å². The third kappa shape index (κ3) is 2.66. The van der Waals surface area contributed by atoms with Crippen molar-refractivity contribution in [1.29, 1.82) is 0 Å². The minimum Gasteiger partial charge on any atom is -0.507 e. The molecule has 0 aliphatic heterocycles. The van der Waals surface area contributed by atoms with E-state index < -0.39 is 6.03 Å². The Kier molecular flexibility index (Phi) is 2.74. The minimum atomic E-state index is -0.479. The second-order valence-electron chi connectivity index (χ2n) is 2.78. The highest BCUT2D eigenvalue weighted by Crippen LogP contribution is 2.09. The van der Waals surface area contributed by atoms with Crippen molar-refractivity contribution in [2.24, 2.45) is 5.73 Å². The first-order valence-corrected chi connectivity index (χ1v) is 3.80. The summed E-state index contributed by atoms with van der Waals surface area (Å²) in [6, 6.07) is 6.99. The molecule has 13 heavy (non-hydrogen) atoms. The van der Waals surface area contributed by atoms with E-state index in [1.54, 1.807) is 19.2 Å². The van der Waals surface area contributed by atoms with Gasteiger partial charge in [-0.05, 0) is 17.7 Å². The molecule has 1 rings (SSSR count). The first-order chi connectivity index (χ1) is 6.09. The van der Waals surface area contributed by atoms with Crippen molar-refractivity contribution in [2.75, 3.05) is 7.05 Å². The summed E-state index contributed by atoms with van der Waals surface area (Å²) in [5.41, 5.74) is 5.92. The molecule has 0 saturated carbocycles. The lowest BCUT2D eigenvalue weighted by Crippen LogP contribution is -2.31. The third-order valence-electron chi connectivity index (χ3n) is 1.66. The topological polar surface area (TPSA) is 66.6 Å². The summed E-state index contributed by atoms with van der Waals surface area (Å²) in [6.45, 7) is 0.423. The second-order valence-corrected chi connectivity index (χ2v) is 2.78. The normalized spacial score (nSPS) is 9.62. The van der Waals surface area contributed by atoms with Gasteiger partial charge in [-0.3, -0.25) is 0 Å². The van der Waals surface area contributed by atoms with Crippen LogP contribution in [-0.4, -0.2) is 23.1 Å². The Labute approximate surface area is 76.6 Å². The third-order valence-corrected chi connectivity index (χ3v) is 1.66. The molecular weight excluding hydrogens is 168 g/mol. The molecule has 0 aliphatic carbocycles. The highest BCUT2D eigenvalue weighted by atomic mass is 16.3. The van der Waals surface area contributed by atoms with Crippen molar-refractivity contribution in [2.45, 2.75) is 6.54 Å². The number of primary amides is 1. The number of benzene rings is 1. The fraction of sp³-hybridized carbons (Fsp3) is 0.222. The Balaban J connectivity index is 2.64. The van der Waals surface area contributed by atoms with Gasteiger partial charge in [0, 0.05) is 19.7 Å². The molecule has 4 heteroatoms. The second kappa shape index (κ2) is 3.80. The molecule has 1 aromatic carbocycles. The Hall–Kier alpha value is -1.71. The number of carbonyl (C=O) groups is 1. The van der Waals surface area contributed by atoms with Gasteiger partial charge in [0.1, 0.15) is 5.75 Å². The Morgan fingerprint density at radius 2 is 2.38 bits per heavy atom. The molecule has 69 valence electrons. The predicted molar refractivity (Wildman–Crippen MR) is 48.0 cm³/mol. The zero-order valence-corrected chi connectivity index (χ0v) is 7.32. The van der Waals surface area contributed by atoms with Crippen molar-refractivity contribution >= 4 is 6.03 Å². The lowest BCUT2D eigenvalue weighted by atomic mass is 10.2. The summed E-state index contributed by atoms with van der Waals surface area (Å²) < 4.78 is 0. The number of phenolic OH excluding ortho intramolecular Hbond substituents is 1. The predicted octanol–water partition coefficient (Wildman–Crippen LogP) is 0.703. The number of nitrogens with zero attached hydrogens (tertiary/aromatic N) is 1. The number of nitrogens with two attached hydrogens (primary N) is 1. The Bertz CT molecular complexity index is 295. The molecule has 0 aromatic heterocycles. The highest BCUT2D eigenvalue weighted by Gasteiger charge is 2.03. The molecule has 4 nitrogen and oxygen atoms in total. The summed E-state index contributed by atoms with van der Waals surface area (Å²) in [5, 5.41) is 8.94. The van der Waals surface area contributed by atoms with Crippen LogP contribution >= 0.6 is 0 Å². The molecular formula is C9H11N2O2. The van der Waals surface area contributed by atoms with Crippen LogP contribution in [0.2, 0.25) is 0 Å². The van der Waals surface area contributed by atoms with Gasteiger partial charge in [-0.2, -0.15) is 0 Å². The van der Waals surface area contributed by atoms with Gasteiger partial charge in [-0.25, -0.2) is 4.79 Å². The fourth-order valence-electron chi connectivity index (χ4n) is 0.899. The Morgan fingerprint density at radius 3 is 2.85 bits per heavy atom. The van der Waals surface area contributed by atoms with Crippen molar-refractivity contribution in [1.82, 2.24) is 4.90 Å². The molecule has 0 aliphatic rings. The van der Waals surface area contributed by atoms with Crippen molar-refractivity contribution in [3.05, 3.63) is 29.8 Å². The number of carbonyl (C=O) groups excluding carboxylic acids is 1. The zero-order valence-electron chi connectivity index (χ0n) is 7.32. The summed E-state index contributed by atoms with van der Waals surface area (Å²) >= 11 is 0. The van der Waals surface area contributed by atoms with Gasteiger partial charge >= 0.3 is 6.03 Å². The summed E-state index contributed by atoms with van der Waals surface area (Å²) in [5.74, 6) is 0.0884. The van der Waals surface area contributed by atoms with E-state index in [2.05, 4.69) is 6.07 Å². The standard InChI is InChI=1S/C9H11N2O2/c1-11(9(10)13)6-7-2-4-8(12)5-3-7/h2-4,12H,6H2,1H3,(H2,10,13). The lowest BCUT2D eigenvalue weighted by Gasteiger charge is -2.13. The highest BCUT2D eigenvalue weighted by molar-refractivity contribution is 5.71. The zero-order chi connectivity index (χ0) is 9.84. The summed E-state index contributed by atoms with van der Waals surface area (Å²) in [4.78, 5) is 12.0. The maximum Gasteiger partial charge on any atom is 0.314 e. The fourth-order valence-corrected chi connectivity index (χ4v) is 0.899. The maximum absolute atomic E-state index is 10.7. The number of hydrogen-bond donors (Lipinski definition) is 2. The van der Waals surface area contributed by atoms with Crippen LogP contribution in [0.4, 0.5) is 4.79 Å². The van der Waals surface area contributed by atoms with Crippen LogP contribution in [0.1, 0.15) is 5.56 Å². The quantitative estimate of drug-likeness (QED) is 0.701. The van der Waals surface area contributed by atoms with E-state index in [0.717, 1.165) is 5.56 Å². The van der Waals surface area contributed by atoms with Crippen molar-refractivity contribution < 1.29 is 9.90 Å². The van der Waals surface area contributed by atoms with E-state index >= 15 is 0 Å². The van der Waals surface area contributed by atoms with Crippen LogP contribution in [-0.2, 0) is 6.54 Å². The van der Waals surface area contributed by atoms with E-state index in [0.29, 0.717) is 6.54 Å². The van der Waals surface area contributed by atoms with E-state index in [1.807, 2.05) is 0 Å². The molecule has 0 saturated heterocycles. The smallest absolute Gasteiger partial charge is 0.314 e. The number of phenols is 1. The summed E-state index contributed by atoms with van der Waals surface area (Å²) in [7, 11) is 1.61. The number of aromatic hydroxyl groups is 1. The first-order valence-electron chi connectivity index (χ1n) is 3.80. The molecule has 0 fully saturated rings. The van der Waals surface area contributed by atoms with Gasteiger partial charge in [0.15, 0.2) is 0 Å². The molecule has 0 bridgehead atoms. The largest absolute Gasteiger partial charge is 0.507 e. The van der Waals surface area contributed by atoms with Gasteiger partial charge in [0.2, 0.25) is 0 Å². The van der Waals surface area contributed by atoms with Crippen molar-refractivity contribution in [3.8, 4) is 5.75 Å². The van der Waals surface area contributed by atoms with Crippen LogP contribution in [0.3, 0.4) is 0 Å². The van der Waals surface area contributed by atoms with E-state index in [-0.39, 0.29) is 5.75 Å². The molecule has 0 unspecified atom stereocenters. The van der Waals surface area contributed by atoms with Crippen LogP contribution < -0.4 is 5.73 Å². The number of urea groups is 1. The van der Waals surface area contributed by atoms with Gasteiger partial charge in [-0.1, -0.05) is 6.07 Å². The monoisotopic (exact) mass is 179 g/mol. The van der Waals surface area contributed by atoms with Gasteiger partial charge in [0.25, 0.3) is 0 Å². The molecule has 1 radical (unpaired) electrons. The maximum atomic E-state index is 10.7. The van der Waals surface area contributed by atoms with Crippen molar-refractivity contribution in [3.63, 3.8) is 0 Å². The number of rotatable bonds is 2. The minimum absolute atomic E-state index is 0.0884. The van der Waals surface area contributed by atoms with E-state index in [1.165, 1.54) is 11.0 Å². The first kappa shape index (κ1) is 9.38. The Morgan fingerprint density at radius 1 is 1.69 bits per heavy atom. The molecule has 0 heterocycles. The van der Waals surface area contributed by atoms with Gasteiger partial charge in [-0.15, -0.1) is 0 Å². The molecule has 0 atom stereocenters. The molecule has 1 aromatic rings.